The van der Waals surface area contributed by atoms with Crippen molar-refractivity contribution in [2.45, 2.75) is 26.2 Å². The third-order valence-electron chi connectivity index (χ3n) is 3.05. The van der Waals surface area contributed by atoms with E-state index >= 15 is 0 Å². The molecule has 0 N–H and O–H groups in total. The second-order valence-corrected chi connectivity index (χ2v) is 4.87. The summed E-state index contributed by atoms with van der Waals surface area (Å²) in [6.45, 7) is 1.89. The van der Waals surface area contributed by atoms with Crippen LogP contribution in [-0.4, -0.2) is 10.8 Å². The molecule has 98 valence electrons. The Labute approximate surface area is 118 Å². The third-order valence-corrected chi connectivity index (χ3v) is 3.30. The van der Waals surface area contributed by atoms with Crippen molar-refractivity contribution in [2.24, 2.45) is 0 Å². The smallest absolute Gasteiger partial charge is 0.133 e. The monoisotopic (exact) mass is 273 g/mol. The fraction of sp³-hybridized carbons (Fsp3) is 0.250. The number of nitrogens with zero attached hydrogens (tertiary/aromatic N) is 1. The van der Waals surface area contributed by atoms with E-state index < -0.39 is 0 Å². The van der Waals surface area contributed by atoms with E-state index in [2.05, 4.69) is 4.98 Å². The van der Waals surface area contributed by atoms with Gasteiger partial charge in [-0.05, 0) is 41.8 Å². The molecule has 0 bridgehead atoms. The van der Waals surface area contributed by atoms with Gasteiger partial charge in [-0.15, -0.1) is 0 Å². The maximum absolute atomic E-state index is 11.3. The number of carbonyl (C=O) groups excluding carboxylic acids is 1. The maximum Gasteiger partial charge on any atom is 0.133 e. The lowest BCUT2D eigenvalue weighted by atomic mass is 10.0. The molecule has 1 aromatic carbocycles. The quantitative estimate of drug-likeness (QED) is 0.812. The Kier molecular flexibility index (Phi) is 4.69. The molecule has 1 heterocycles. The first-order chi connectivity index (χ1) is 9.19. The summed E-state index contributed by atoms with van der Waals surface area (Å²) in [5.74, 6) is 0.277. The van der Waals surface area contributed by atoms with Crippen molar-refractivity contribution in [3.05, 3.63) is 53.3 Å². The number of hydrogen-bond donors (Lipinski definition) is 0. The zero-order valence-electron chi connectivity index (χ0n) is 10.9. The lowest BCUT2D eigenvalue weighted by molar-refractivity contribution is -0.118. The SMILES string of the molecule is CCC(=O)CCc1cc(-c2ccc(Cl)cc2)ccn1. The number of aryl methyl sites for hydroxylation is 1. The van der Waals surface area contributed by atoms with Gasteiger partial charge in [0.1, 0.15) is 5.78 Å². The molecule has 3 heteroatoms. The van der Waals surface area contributed by atoms with E-state index in [0.29, 0.717) is 19.3 Å². The van der Waals surface area contributed by atoms with Gasteiger partial charge in [-0.1, -0.05) is 30.7 Å². The minimum absolute atomic E-state index is 0.277. The molecule has 2 nitrogen and oxygen atoms in total. The molecule has 0 amide bonds. The van der Waals surface area contributed by atoms with E-state index in [1.54, 1.807) is 6.20 Å². The van der Waals surface area contributed by atoms with Crippen LogP contribution in [0, 0.1) is 0 Å². The largest absolute Gasteiger partial charge is 0.300 e. The fourth-order valence-corrected chi connectivity index (χ4v) is 2.01. The third kappa shape index (κ3) is 3.90. The van der Waals surface area contributed by atoms with E-state index in [1.165, 1.54) is 0 Å². The van der Waals surface area contributed by atoms with Gasteiger partial charge in [0.2, 0.25) is 0 Å². The Hall–Kier alpha value is -1.67. The van der Waals surface area contributed by atoms with Gasteiger partial charge in [-0.3, -0.25) is 9.78 Å². The molecule has 2 rings (SSSR count). The molecule has 2 aromatic rings. The maximum atomic E-state index is 11.3. The van der Waals surface area contributed by atoms with E-state index in [-0.39, 0.29) is 5.78 Å². The molecule has 1 aromatic heterocycles. The van der Waals surface area contributed by atoms with Gasteiger partial charge in [0.15, 0.2) is 0 Å². The van der Waals surface area contributed by atoms with Gasteiger partial charge in [0.05, 0.1) is 0 Å². The zero-order chi connectivity index (χ0) is 13.7. The van der Waals surface area contributed by atoms with Crippen LogP contribution in [0.2, 0.25) is 5.02 Å². The molecule has 19 heavy (non-hydrogen) atoms. The van der Waals surface area contributed by atoms with E-state index in [0.717, 1.165) is 21.8 Å². The molecule has 0 aliphatic carbocycles. The summed E-state index contributed by atoms with van der Waals surface area (Å²) in [7, 11) is 0. The molecule has 0 atom stereocenters. The highest BCUT2D eigenvalue weighted by Gasteiger charge is 2.03. The van der Waals surface area contributed by atoms with Gasteiger partial charge in [-0.25, -0.2) is 0 Å². The average molecular weight is 274 g/mol. The number of ketones is 1. The van der Waals surface area contributed by atoms with E-state index in [9.17, 15) is 4.79 Å². The average Bonchev–Trinajstić information content (AvgIpc) is 2.46. The number of halogens is 1. The van der Waals surface area contributed by atoms with Gasteiger partial charge in [-0.2, -0.15) is 0 Å². The molecule has 0 saturated carbocycles. The van der Waals surface area contributed by atoms with Crippen LogP contribution >= 0.6 is 11.6 Å². The molecule has 0 radical (unpaired) electrons. The summed E-state index contributed by atoms with van der Waals surface area (Å²) in [4.78, 5) is 15.6. The molecule has 0 saturated heterocycles. The number of pyridine rings is 1. The van der Waals surface area contributed by atoms with Crippen molar-refractivity contribution in [1.82, 2.24) is 4.98 Å². The van der Waals surface area contributed by atoms with Crippen molar-refractivity contribution in [1.29, 1.82) is 0 Å². The van der Waals surface area contributed by atoms with Crippen molar-refractivity contribution in [3.63, 3.8) is 0 Å². The van der Waals surface area contributed by atoms with Crippen LogP contribution in [0.25, 0.3) is 11.1 Å². The molecular weight excluding hydrogens is 258 g/mol. The number of aromatic nitrogens is 1. The van der Waals surface area contributed by atoms with Crippen LogP contribution in [0.3, 0.4) is 0 Å². The highest BCUT2D eigenvalue weighted by Crippen LogP contribution is 2.22. The number of hydrogen-bond acceptors (Lipinski definition) is 2. The van der Waals surface area contributed by atoms with Crippen molar-refractivity contribution >= 4 is 17.4 Å². The predicted octanol–water partition coefficient (Wildman–Crippen LogP) is 4.31. The topological polar surface area (TPSA) is 30.0 Å². The Morgan fingerprint density at radius 3 is 2.58 bits per heavy atom. The second-order valence-electron chi connectivity index (χ2n) is 4.43. The number of Topliss-reactive ketones (excluding diaryl/α,β-unsaturated/α-hetero) is 1. The van der Waals surface area contributed by atoms with Gasteiger partial charge in [0.25, 0.3) is 0 Å². The predicted molar refractivity (Wildman–Crippen MR) is 78.3 cm³/mol. The van der Waals surface area contributed by atoms with Gasteiger partial charge in [0, 0.05) is 29.8 Å². The number of carbonyl (C=O) groups is 1. The Morgan fingerprint density at radius 1 is 1.16 bits per heavy atom. The summed E-state index contributed by atoms with van der Waals surface area (Å²) >= 11 is 5.88. The van der Waals surface area contributed by atoms with Gasteiger partial charge >= 0.3 is 0 Å². The van der Waals surface area contributed by atoms with Crippen LogP contribution in [0.5, 0.6) is 0 Å². The molecule has 0 aliphatic rings. The summed E-state index contributed by atoms with van der Waals surface area (Å²) in [5, 5.41) is 0.728. The summed E-state index contributed by atoms with van der Waals surface area (Å²) in [5.41, 5.74) is 3.16. The molecule has 0 unspecified atom stereocenters. The van der Waals surface area contributed by atoms with Crippen LogP contribution in [-0.2, 0) is 11.2 Å². The fourth-order valence-electron chi connectivity index (χ4n) is 1.88. The first-order valence-electron chi connectivity index (χ1n) is 6.41. The molecule has 0 fully saturated rings. The first kappa shape index (κ1) is 13.8. The number of rotatable bonds is 5. The van der Waals surface area contributed by atoms with Crippen molar-refractivity contribution < 1.29 is 4.79 Å². The summed E-state index contributed by atoms with van der Waals surface area (Å²) < 4.78 is 0. The highest BCUT2D eigenvalue weighted by molar-refractivity contribution is 6.30. The van der Waals surface area contributed by atoms with Crippen LogP contribution in [0.4, 0.5) is 0 Å². The molecule has 0 aliphatic heterocycles. The first-order valence-corrected chi connectivity index (χ1v) is 6.79. The van der Waals surface area contributed by atoms with Crippen LogP contribution in [0.1, 0.15) is 25.5 Å². The van der Waals surface area contributed by atoms with Gasteiger partial charge < -0.3 is 0 Å². The van der Waals surface area contributed by atoms with E-state index in [4.69, 9.17) is 11.6 Å². The van der Waals surface area contributed by atoms with Crippen molar-refractivity contribution in [2.75, 3.05) is 0 Å². The lowest BCUT2D eigenvalue weighted by Crippen LogP contribution is -1.99. The van der Waals surface area contributed by atoms with E-state index in [1.807, 2.05) is 43.3 Å². The minimum atomic E-state index is 0.277. The zero-order valence-corrected chi connectivity index (χ0v) is 11.7. The Bertz CT molecular complexity index is 563. The second kappa shape index (κ2) is 6.48. The molecule has 0 spiro atoms. The summed E-state index contributed by atoms with van der Waals surface area (Å²) in [6, 6.07) is 11.7. The van der Waals surface area contributed by atoms with Crippen LogP contribution < -0.4 is 0 Å². The summed E-state index contributed by atoms with van der Waals surface area (Å²) in [6.07, 6.45) is 3.65. The van der Waals surface area contributed by atoms with Crippen LogP contribution in [0.15, 0.2) is 42.6 Å². The lowest BCUT2D eigenvalue weighted by Gasteiger charge is -2.05. The Balaban J connectivity index is 2.15. The highest BCUT2D eigenvalue weighted by atomic mass is 35.5. The normalized spacial score (nSPS) is 10.4. The standard InChI is InChI=1S/C16H16ClNO/c1-2-16(19)8-7-15-11-13(9-10-18-15)12-3-5-14(17)6-4-12/h3-6,9-11H,2,7-8H2,1H3. The molecular formula is C16H16ClNO. The Morgan fingerprint density at radius 2 is 1.89 bits per heavy atom. The minimum Gasteiger partial charge on any atom is -0.300 e. The number of benzene rings is 1. The van der Waals surface area contributed by atoms with Crippen molar-refractivity contribution in [3.8, 4) is 11.1 Å².